The summed E-state index contributed by atoms with van der Waals surface area (Å²) in [4.78, 5) is 0. The predicted molar refractivity (Wildman–Crippen MR) is 35.6 cm³/mol. The highest BCUT2D eigenvalue weighted by molar-refractivity contribution is 5.13. The number of hydrogen-bond donors (Lipinski definition) is 0. The second-order valence-electron chi connectivity index (χ2n) is 1.81. The van der Waals surface area contributed by atoms with Gasteiger partial charge in [0, 0.05) is 0 Å². The molecule has 0 radical (unpaired) electrons. The average Bonchev–Trinajstić information content (AvgIpc) is 1.65. The molecule has 0 aromatic carbocycles. The molecule has 0 saturated carbocycles. The Bertz CT molecular complexity index is 112. The zero-order chi connectivity index (χ0) is 6.57. The van der Waals surface area contributed by atoms with Crippen LogP contribution in [0.1, 0.15) is 13.8 Å². The van der Waals surface area contributed by atoms with Crippen molar-refractivity contribution in [2.75, 3.05) is 7.11 Å². The zero-order valence-electron chi connectivity index (χ0n) is 5.69. The summed E-state index contributed by atoms with van der Waals surface area (Å²) in [6, 6.07) is 0. The van der Waals surface area contributed by atoms with Gasteiger partial charge in [0.2, 0.25) is 0 Å². The molecular weight excluding hydrogens is 100 g/mol. The average molecular weight is 112 g/mol. The van der Waals surface area contributed by atoms with Crippen LogP contribution in [0.2, 0.25) is 0 Å². The van der Waals surface area contributed by atoms with Crippen LogP contribution in [0.25, 0.3) is 0 Å². The first-order valence-electron chi connectivity index (χ1n) is 2.54. The van der Waals surface area contributed by atoms with Crippen LogP contribution in [0.5, 0.6) is 0 Å². The number of allylic oxidation sites excluding steroid dienone is 3. The monoisotopic (exact) mass is 112 g/mol. The molecule has 0 atom stereocenters. The Morgan fingerprint density at radius 2 is 2.00 bits per heavy atom. The van der Waals surface area contributed by atoms with E-state index >= 15 is 0 Å². The molecule has 0 aromatic rings. The highest BCUT2D eigenvalue weighted by Crippen LogP contribution is 1.97. The lowest BCUT2D eigenvalue weighted by molar-refractivity contribution is 0.293. The molecule has 0 aliphatic heterocycles. The highest BCUT2D eigenvalue weighted by Gasteiger charge is 1.80. The van der Waals surface area contributed by atoms with Crippen molar-refractivity contribution in [2.45, 2.75) is 13.8 Å². The maximum atomic E-state index is 4.86. The number of rotatable bonds is 2. The van der Waals surface area contributed by atoms with Gasteiger partial charge >= 0.3 is 0 Å². The van der Waals surface area contributed by atoms with Gasteiger partial charge in [-0.05, 0) is 19.9 Å². The minimum atomic E-state index is 0.900. The van der Waals surface area contributed by atoms with E-state index in [4.69, 9.17) is 4.74 Å². The van der Waals surface area contributed by atoms with Gasteiger partial charge in [0.05, 0.1) is 12.9 Å². The first kappa shape index (κ1) is 7.28. The normalized spacial score (nSPS) is 11.1. The zero-order valence-corrected chi connectivity index (χ0v) is 5.69. The largest absolute Gasteiger partial charge is 0.501 e. The first-order chi connectivity index (χ1) is 3.66. The molecule has 8 heavy (non-hydrogen) atoms. The van der Waals surface area contributed by atoms with Gasteiger partial charge < -0.3 is 4.74 Å². The van der Waals surface area contributed by atoms with Gasteiger partial charge in [0.1, 0.15) is 0 Å². The molecule has 46 valence electrons. The predicted octanol–water partition coefficient (Wildman–Crippen LogP) is 2.11. The molecule has 0 unspecified atom stereocenters. The number of hydrogen-bond acceptors (Lipinski definition) is 1. The van der Waals surface area contributed by atoms with Crippen molar-refractivity contribution >= 4 is 0 Å². The maximum absolute atomic E-state index is 4.86. The molecule has 0 rings (SSSR count). The molecule has 0 aliphatic carbocycles. The van der Waals surface area contributed by atoms with E-state index in [1.54, 1.807) is 7.11 Å². The second kappa shape index (κ2) is 3.30. The van der Waals surface area contributed by atoms with Crippen LogP contribution in [0.4, 0.5) is 0 Å². The lowest BCUT2D eigenvalue weighted by Gasteiger charge is -1.95. The summed E-state index contributed by atoms with van der Waals surface area (Å²) in [6.45, 7) is 7.52. The van der Waals surface area contributed by atoms with Crippen molar-refractivity contribution in [3.63, 3.8) is 0 Å². The van der Waals surface area contributed by atoms with Crippen molar-refractivity contribution in [2.24, 2.45) is 0 Å². The summed E-state index contributed by atoms with van der Waals surface area (Å²) in [7, 11) is 1.65. The van der Waals surface area contributed by atoms with Crippen LogP contribution in [-0.4, -0.2) is 7.11 Å². The summed E-state index contributed by atoms with van der Waals surface area (Å²) in [5.74, 6) is 0.900. The second-order valence-corrected chi connectivity index (χ2v) is 1.81. The van der Waals surface area contributed by atoms with Crippen LogP contribution in [0.15, 0.2) is 24.0 Å². The minimum absolute atomic E-state index is 0.900. The van der Waals surface area contributed by atoms with Crippen LogP contribution in [-0.2, 0) is 4.74 Å². The van der Waals surface area contributed by atoms with Crippen LogP contribution in [0.3, 0.4) is 0 Å². The summed E-state index contributed by atoms with van der Waals surface area (Å²) in [5, 5.41) is 0. The van der Waals surface area contributed by atoms with E-state index in [0.29, 0.717) is 0 Å². The van der Waals surface area contributed by atoms with Crippen LogP contribution >= 0.6 is 0 Å². The van der Waals surface area contributed by atoms with E-state index in [-0.39, 0.29) is 0 Å². The first-order valence-corrected chi connectivity index (χ1v) is 2.54. The Kier molecular flexibility index (Phi) is 3.01. The van der Waals surface area contributed by atoms with Crippen molar-refractivity contribution in [1.82, 2.24) is 0 Å². The van der Waals surface area contributed by atoms with Gasteiger partial charge in [-0.2, -0.15) is 0 Å². The molecular formula is C7H12O. The summed E-state index contributed by atoms with van der Waals surface area (Å²) < 4.78 is 4.86. The molecule has 0 fully saturated rings. The summed E-state index contributed by atoms with van der Waals surface area (Å²) in [6.07, 6.45) is 1.89. The Balaban J connectivity index is 3.75. The Hall–Kier alpha value is -0.720. The van der Waals surface area contributed by atoms with E-state index in [1.165, 1.54) is 0 Å². The van der Waals surface area contributed by atoms with E-state index in [1.807, 2.05) is 19.9 Å². The Morgan fingerprint density at radius 3 is 2.12 bits per heavy atom. The molecule has 1 heteroatoms. The standard InChI is InChI=1S/C7H12O/c1-6(2)5-7(3)8-4/h5H,1H2,2-4H3/b7-5+. The van der Waals surface area contributed by atoms with Crippen molar-refractivity contribution in [3.8, 4) is 0 Å². The van der Waals surface area contributed by atoms with Gasteiger partial charge in [-0.1, -0.05) is 12.2 Å². The SMILES string of the molecule is C=C(C)/C=C(\C)OC. The highest BCUT2D eigenvalue weighted by atomic mass is 16.5. The molecule has 0 saturated heterocycles. The maximum Gasteiger partial charge on any atom is 0.0926 e. The van der Waals surface area contributed by atoms with Crippen molar-refractivity contribution < 1.29 is 4.74 Å². The lowest BCUT2D eigenvalue weighted by atomic mass is 10.3. The third kappa shape index (κ3) is 3.47. The smallest absolute Gasteiger partial charge is 0.0926 e. The third-order valence-electron chi connectivity index (χ3n) is 0.772. The molecule has 0 aromatic heterocycles. The Labute approximate surface area is 50.7 Å². The minimum Gasteiger partial charge on any atom is -0.501 e. The van der Waals surface area contributed by atoms with Crippen LogP contribution < -0.4 is 0 Å². The fourth-order valence-electron chi connectivity index (χ4n) is 0.406. The quantitative estimate of drug-likeness (QED) is 0.392. The lowest BCUT2D eigenvalue weighted by Crippen LogP contribution is -1.77. The topological polar surface area (TPSA) is 9.23 Å². The van der Waals surface area contributed by atoms with Crippen molar-refractivity contribution in [1.29, 1.82) is 0 Å². The van der Waals surface area contributed by atoms with Gasteiger partial charge in [-0.3, -0.25) is 0 Å². The molecule has 1 nitrogen and oxygen atoms in total. The Morgan fingerprint density at radius 1 is 1.50 bits per heavy atom. The van der Waals surface area contributed by atoms with Gasteiger partial charge in [0.25, 0.3) is 0 Å². The van der Waals surface area contributed by atoms with Gasteiger partial charge in [-0.15, -0.1) is 0 Å². The van der Waals surface area contributed by atoms with E-state index in [2.05, 4.69) is 6.58 Å². The van der Waals surface area contributed by atoms with Gasteiger partial charge in [-0.25, -0.2) is 0 Å². The van der Waals surface area contributed by atoms with Crippen LogP contribution in [0, 0.1) is 0 Å². The van der Waals surface area contributed by atoms with E-state index in [0.717, 1.165) is 11.3 Å². The summed E-state index contributed by atoms with van der Waals surface area (Å²) >= 11 is 0. The summed E-state index contributed by atoms with van der Waals surface area (Å²) in [5.41, 5.74) is 1.02. The van der Waals surface area contributed by atoms with E-state index in [9.17, 15) is 0 Å². The molecule has 0 amide bonds. The fraction of sp³-hybridized carbons (Fsp3) is 0.429. The van der Waals surface area contributed by atoms with E-state index < -0.39 is 0 Å². The molecule has 0 spiro atoms. The van der Waals surface area contributed by atoms with Crippen molar-refractivity contribution in [3.05, 3.63) is 24.0 Å². The fourth-order valence-corrected chi connectivity index (χ4v) is 0.406. The molecule has 0 N–H and O–H groups in total. The number of ether oxygens (including phenoxy) is 1. The molecule has 0 heterocycles. The molecule has 0 bridgehead atoms. The van der Waals surface area contributed by atoms with Gasteiger partial charge in [0.15, 0.2) is 0 Å². The number of methoxy groups -OCH3 is 1. The third-order valence-corrected chi connectivity index (χ3v) is 0.772. The molecule has 0 aliphatic rings.